The van der Waals surface area contributed by atoms with E-state index in [1.165, 1.54) is 29.2 Å². The summed E-state index contributed by atoms with van der Waals surface area (Å²) in [6, 6.07) is 4.97. The predicted octanol–water partition coefficient (Wildman–Crippen LogP) is 2.23. The van der Waals surface area contributed by atoms with E-state index in [2.05, 4.69) is 20.4 Å². The second kappa shape index (κ2) is 8.59. The highest BCUT2D eigenvalue weighted by Crippen LogP contribution is 2.28. The number of carbonyl (C=O) groups is 1. The van der Waals surface area contributed by atoms with Crippen LogP contribution in [0.4, 0.5) is 9.52 Å². The Bertz CT molecular complexity index is 735. The Balaban J connectivity index is 1.44. The van der Waals surface area contributed by atoms with Gasteiger partial charge in [-0.05, 0) is 24.1 Å². The summed E-state index contributed by atoms with van der Waals surface area (Å²) in [7, 11) is 0. The van der Waals surface area contributed by atoms with Crippen molar-refractivity contribution in [1.82, 2.24) is 15.5 Å². The van der Waals surface area contributed by atoms with Crippen LogP contribution in [0.1, 0.15) is 11.1 Å². The van der Waals surface area contributed by atoms with Gasteiger partial charge in [0.15, 0.2) is 4.34 Å². The van der Waals surface area contributed by atoms with Gasteiger partial charge in [0.25, 0.3) is 0 Å². The molecule has 0 aliphatic carbocycles. The summed E-state index contributed by atoms with van der Waals surface area (Å²) >= 11 is 2.84. The molecule has 1 N–H and O–H groups in total. The van der Waals surface area contributed by atoms with E-state index in [1.807, 2.05) is 6.07 Å². The van der Waals surface area contributed by atoms with Crippen molar-refractivity contribution >= 4 is 34.1 Å². The van der Waals surface area contributed by atoms with Gasteiger partial charge in [0.05, 0.1) is 19.0 Å². The van der Waals surface area contributed by atoms with Gasteiger partial charge in [-0.1, -0.05) is 35.2 Å². The summed E-state index contributed by atoms with van der Waals surface area (Å²) in [4.78, 5) is 14.1. The van der Waals surface area contributed by atoms with Crippen molar-refractivity contribution < 1.29 is 13.9 Å². The molecule has 2 heterocycles. The van der Waals surface area contributed by atoms with Crippen molar-refractivity contribution in [1.29, 1.82) is 0 Å². The third-order valence-corrected chi connectivity index (χ3v) is 5.85. The van der Waals surface area contributed by atoms with Crippen molar-refractivity contribution in [3.63, 3.8) is 0 Å². The van der Waals surface area contributed by atoms with E-state index in [0.29, 0.717) is 25.3 Å². The molecule has 0 saturated carbocycles. The first-order valence-corrected chi connectivity index (χ1v) is 9.73. The predicted molar refractivity (Wildman–Crippen MR) is 96.6 cm³/mol. The van der Waals surface area contributed by atoms with Gasteiger partial charge in [-0.15, -0.1) is 10.2 Å². The van der Waals surface area contributed by atoms with Gasteiger partial charge in [0.2, 0.25) is 11.0 Å². The van der Waals surface area contributed by atoms with Crippen LogP contribution in [-0.4, -0.2) is 48.2 Å². The van der Waals surface area contributed by atoms with Crippen LogP contribution in [-0.2, 0) is 16.1 Å². The number of rotatable bonds is 6. The molecule has 0 radical (unpaired) electrons. The lowest BCUT2D eigenvalue weighted by Gasteiger charge is -2.25. The van der Waals surface area contributed by atoms with Crippen molar-refractivity contribution in [2.75, 3.05) is 37.0 Å². The zero-order valence-electron chi connectivity index (χ0n) is 13.8. The van der Waals surface area contributed by atoms with Gasteiger partial charge in [-0.2, -0.15) is 0 Å². The number of nitrogens with one attached hydrogen (secondary N) is 1. The van der Waals surface area contributed by atoms with Crippen LogP contribution in [0, 0.1) is 12.7 Å². The van der Waals surface area contributed by atoms with Crippen LogP contribution < -0.4 is 10.2 Å². The lowest BCUT2D eigenvalue weighted by molar-refractivity contribution is -0.118. The minimum Gasteiger partial charge on any atom is -0.378 e. The summed E-state index contributed by atoms with van der Waals surface area (Å²) in [5.41, 5.74) is 1.34. The zero-order valence-corrected chi connectivity index (χ0v) is 15.5. The second-order valence-corrected chi connectivity index (χ2v) is 7.78. The molecule has 3 rings (SSSR count). The van der Waals surface area contributed by atoms with Crippen molar-refractivity contribution in [2.45, 2.75) is 17.8 Å². The van der Waals surface area contributed by atoms with Crippen LogP contribution in [0.2, 0.25) is 0 Å². The molecular weight excluding hydrogens is 363 g/mol. The molecule has 1 aliphatic heterocycles. The fraction of sp³-hybridized carbons (Fsp3) is 0.438. The number of amides is 1. The molecule has 1 aromatic carbocycles. The molecule has 1 aromatic heterocycles. The van der Waals surface area contributed by atoms with Crippen LogP contribution in [0.15, 0.2) is 22.5 Å². The summed E-state index contributed by atoms with van der Waals surface area (Å²) < 4.78 is 19.6. The fourth-order valence-electron chi connectivity index (χ4n) is 2.27. The number of aromatic nitrogens is 2. The summed E-state index contributed by atoms with van der Waals surface area (Å²) in [6.45, 7) is 5.04. The lowest BCUT2D eigenvalue weighted by atomic mass is 10.1. The lowest BCUT2D eigenvalue weighted by Crippen LogP contribution is -2.36. The molecule has 2 aromatic rings. The van der Waals surface area contributed by atoms with E-state index in [4.69, 9.17) is 4.74 Å². The zero-order chi connectivity index (χ0) is 17.6. The molecule has 1 aliphatic rings. The highest BCUT2D eigenvalue weighted by atomic mass is 32.2. The van der Waals surface area contributed by atoms with E-state index in [9.17, 15) is 9.18 Å². The molecule has 6 nitrogen and oxygen atoms in total. The molecule has 1 fully saturated rings. The Labute approximate surface area is 153 Å². The van der Waals surface area contributed by atoms with Gasteiger partial charge in [0, 0.05) is 19.6 Å². The third kappa shape index (κ3) is 5.13. The number of nitrogens with zero attached hydrogens (tertiary/aromatic N) is 3. The summed E-state index contributed by atoms with van der Waals surface area (Å²) in [5.74, 6) is -0.119. The average Bonchev–Trinajstić information content (AvgIpc) is 3.11. The monoisotopic (exact) mass is 382 g/mol. The van der Waals surface area contributed by atoms with Gasteiger partial charge >= 0.3 is 0 Å². The summed E-state index contributed by atoms with van der Waals surface area (Å²) in [5, 5.41) is 11.9. The first kappa shape index (κ1) is 18.1. The second-order valence-electron chi connectivity index (χ2n) is 5.60. The van der Waals surface area contributed by atoms with Crippen LogP contribution >= 0.6 is 23.1 Å². The molecule has 1 saturated heterocycles. The Morgan fingerprint density at radius 1 is 1.40 bits per heavy atom. The molecule has 1 amide bonds. The molecule has 0 atom stereocenters. The normalized spacial score (nSPS) is 14.6. The quantitative estimate of drug-likeness (QED) is 0.773. The van der Waals surface area contributed by atoms with Crippen LogP contribution in [0.3, 0.4) is 0 Å². The molecule has 0 unspecified atom stereocenters. The maximum Gasteiger partial charge on any atom is 0.230 e. The highest BCUT2D eigenvalue weighted by Gasteiger charge is 2.16. The Hall–Kier alpha value is -1.71. The minimum absolute atomic E-state index is 0.117. The molecular formula is C16H19FN4O2S2. The smallest absolute Gasteiger partial charge is 0.230 e. The SMILES string of the molecule is Cc1ccc(CNC(=O)CSc2nnc(N3CCOCC3)s2)cc1F. The standard InChI is InChI=1S/C16H19FN4O2S2/c1-11-2-3-12(8-13(11)17)9-18-14(22)10-24-16-20-19-15(25-16)21-4-6-23-7-5-21/h2-3,8H,4-7,9-10H2,1H3,(H,18,22). The Morgan fingerprint density at radius 2 is 2.20 bits per heavy atom. The van der Waals surface area contributed by atoms with E-state index in [0.717, 1.165) is 28.1 Å². The largest absolute Gasteiger partial charge is 0.378 e. The van der Waals surface area contributed by atoms with Gasteiger partial charge in [-0.25, -0.2) is 4.39 Å². The number of hydrogen-bond donors (Lipinski definition) is 1. The maximum atomic E-state index is 13.5. The number of carbonyl (C=O) groups excluding carboxylic acids is 1. The number of thioether (sulfide) groups is 1. The van der Waals surface area contributed by atoms with Crippen LogP contribution in [0.5, 0.6) is 0 Å². The third-order valence-electron chi connectivity index (χ3n) is 3.73. The Kier molecular flexibility index (Phi) is 6.22. The summed E-state index contributed by atoms with van der Waals surface area (Å²) in [6.07, 6.45) is 0. The number of ether oxygens (including phenoxy) is 1. The number of benzene rings is 1. The number of anilines is 1. The Morgan fingerprint density at radius 3 is 2.96 bits per heavy atom. The first-order chi connectivity index (χ1) is 12.1. The topological polar surface area (TPSA) is 67.4 Å². The number of halogens is 1. The van der Waals surface area contributed by atoms with Gasteiger partial charge in [0.1, 0.15) is 5.82 Å². The van der Waals surface area contributed by atoms with Crippen molar-refractivity contribution in [3.05, 3.63) is 35.1 Å². The van der Waals surface area contributed by atoms with Crippen molar-refractivity contribution in [2.24, 2.45) is 0 Å². The van der Waals surface area contributed by atoms with E-state index < -0.39 is 0 Å². The molecule has 134 valence electrons. The van der Waals surface area contributed by atoms with E-state index >= 15 is 0 Å². The first-order valence-electron chi connectivity index (χ1n) is 7.92. The number of morpholine rings is 1. The molecule has 25 heavy (non-hydrogen) atoms. The molecule has 9 heteroatoms. The number of hydrogen-bond acceptors (Lipinski definition) is 7. The highest BCUT2D eigenvalue weighted by molar-refractivity contribution is 8.01. The minimum atomic E-state index is -0.259. The van der Waals surface area contributed by atoms with Gasteiger partial charge < -0.3 is 15.0 Å². The van der Waals surface area contributed by atoms with Crippen molar-refractivity contribution in [3.8, 4) is 0 Å². The van der Waals surface area contributed by atoms with Crippen LogP contribution in [0.25, 0.3) is 0 Å². The fourth-order valence-corrected chi connectivity index (χ4v) is 3.99. The van der Waals surface area contributed by atoms with E-state index in [1.54, 1.807) is 13.0 Å². The van der Waals surface area contributed by atoms with Gasteiger partial charge in [-0.3, -0.25) is 4.79 Å². The van der Waals surface area contributed by atoms with E-state index in [-0.39, 0.29) is 17.5 Å². The average molecular weight is 382 g/mol. The maximum absolute atomic E-state index is 13.5. The number of aryl methyl sites for hydroxylation is 1. The molecule has 0 spiro atoms. The molecule has 0 bridgehead atoms.